The van der Waals surface area contributed by atoms with Crippen LogP contribution in [-0.2, 0) is 7.05 Å². The van der Waals surface area contributed by atoms with Crippen molar-refractivity contribution < 1.29 is 14.3 Å². The van der Waals surface area contributed by atoms with Gasteiger partial charge in [0.15, 0.2) is 5.69 Å². The van der Waals surface area contributed by atoms with Crippen molar-refractivity contribution in [3.63, 3.8) is 0 Å². The van der Waals surface area contributed by atoms with E-state index in [-0.39, 0.29) is 5.91 Å². The Balaban J connectivity index is 1.93. The Labute approximate surface area is 148 Å². The second kappa shape index (κ2) is 7.59. The van der Waals surface area contributed by atoms with Crippen molar-refractivity contribution in [2.45, 2.75) is 25.7 Å². The van der Waals surface area contributed by atoms with Gasteiger partial charge in [0, 0.05) is 25.7 Å². The van der Waals surface area contributed by atoms with E-state index in [4.69, 9.17) is 9.47 Å². The van der Waals surface area contributed by atoms with Gasteiger partial charge in [-0.1, -0.05) is 12.8 Å². The number of aryl methyl sites for hydroxylation is 1. The van der Waals surface area contributed by atoms with E-state index in [1.807, 2.05) is 36.2 Å². The number of amides is 1. The Morgan fingerprint density at radius 2 is 1.76 bits per heavy atom. The van der Waals surface area contributed by atoms with Crippen LogP contribution < -0.4 is 9.47 Å². The van der Waals surface area contributed by atoms with E-state index < -0.39 is 0 Å². The Morgan fingerprint density at radius 1 is 1.04 bits per heavy atom. The third kappa shape index (κ3) is 3.62. The minimum Gasteiger partial charge on any atom is -0.497 e. The largest absolute Gasteiger partial charge is 0.497 e. The molecule has 0 spiro atoms. The first-order valence-corrected chi connectivity index (χ1v) is 8.69. The molecule has 1 aliphatic rings. The zero-order valence-corrected chi connectivity index (χ0v) is 15.1. The number of likely N-dealkylation sites (tertiary alicyclic amines) is 1. The van der Waals surface area contributed by atoms with E-state index in [2.05, 4.69) is 5.10 Å². The van der Waals surface area contributed by atoms with Gasteiger partial charge >= 0.3 is 0 Å². The van der Waals surface area contributed by atoms with Crippen LogP contribution in [0.1, 0.15) is 36.2 Å². The van der Waals surface area contributed by atoms with Crippen LogP contribution in [0.5, 0.6) is 11.5 Å². The van der Waals surface area contributed by atoms with E-state index in [1.165, 1.54) is 12.8 Å². The topological polar surface area (TPSA) is 56.6 Å². The molecule has 2 heterocycles. The van der Waals surface area contributed by atoms with Crippen LogP contribution in [0.25, 0.3) is 11.3 Å². The summed E-state index contributed by atoms with van der Waals surface area (Å²) in [6, 6.07) is 7.44. The van der Waals surface area contributed by atoms with Crippen molar-refractivity contribution in [3.8, 4) is 22.8 Å². The molecule has 1 amide bonds. The minimum absolute atomic E-state index is 0.00520. The van der Waals surface area contributed by atoms with Gasteiger partial charge in [0.2, 0.25) is 0 Å². The fourth-order valence-corrected chi connectivity index (χ4v) is 3.27. The third-order valence-electron chi connectivity index (χ3n) is 4.67. The molecular formula is C19H25N3O3. The van der Waals surface area contributed by atoms with Crippen LogP contribution >= 0.6 is 0 Å². The summed E-state index contributed by atoms with van der Waals surface area (Å²) in [4.78, 5) is 14.7. The highest BCUT2D eigenvalue weighted by molar-refractivity contribution is 5.93. The van der Waals surface area contributed by atoms with Gasteiger partial charge in [-0.25, -0.2) is 0 Å². The Hall–Kier alpha value is -2.50. The molecule has 134 valence electrons. The highest BCUT2D eigenvalue weighted by atomic mass is 16.5. The molecule has 25 heavy (non-hydrogen) atoms. The maximum absolute atomic E-state index is 12.8. The number of benzene rings is 1. The molecule has 1 aromatic carbocycles. The summed E-state index contributed by atoms with van der Waals surface area (Å²) in [6.07, 6.45) is 4.51. The lowest BCUT2D eigenvalue weighted by Gasteiger charge is -2.18. The predicted octanol–water partition coefficient (Wildman–Crippen LogP) is 3.12. The number of carbonyl (C=O) groups excluding carboxylic acids is 1. The van der Waals surface area contributed by atoms with Crippen LogP contribution in [0.3, 0.4) is 0 Å². The predicted molar refractivity (Wildman–Crippen MR) is 96.1 cm³/mol. The van der Waals surface area contributed by atoms with Crippen LogP contribution in [0.2, 0.25) is 0 Å². The zero-order valence-electron chi connectivity index (χ0n) is 15.1. The molecule has 0 saturated carbocycles. The number of methoxy groups -OCH3 is 2. The first kappa shape index (κ1) is 17.3. The van der Waals surface area contributed by atoms with Crippen molar-refractivity contribution in [1.82, 2.24) is 14.7 Å². The second-order valence-electron chi connectivity index (χ2n) is 6.31. The van der Waals surface area contributed by atoms with E-state index >= 15 is 0 Å². The molecule has 0 bridgehead atoms. The number of hydrogen-bond acceptors (Lipinski definition) is 4. The van der Waals surface area contributed by atoms with Gasteiger partial charge in [-0.3, -0.25) is 9.48 Å². The number of carbonyl (C=O) groups is 1. The summed E-state index contributed by atoms with van der Waals surface area (Å²) in [5.41, 5.74) is 2.16. The highest BCUT2D eigenvalue weighted by Crippen LogP contribution is 2.33. The number of aromatic nitrogens is 2. The Kier molecular flexibility index (Phi) is 5.26. The second-order valence-corrected chi connectivity index (χ2v) is 6.31. The smallest absolute Gasteiger partial charge is 0.274 e. The quantitative estimate of drug-likeness (QED) is 0.856. The highest BCUT2D eigenvalue weighted by Gasteiger charge is 2.22. The molecule has 3 rings (SSSR count). The van der Waals surface area contributed by atoms with Crippen molar-refractivity contribution >= 4 is 5.91 Å². The monoisotopic (exact) mass is 343 g/mol. The molecule has 6 heteroatoms. The van der Waals surface area contributed by atoms with Crippen molar-refractivity contribution in [2.24, 2.45) is 7.05 Å². The van der Waals surface area contributed by atoms with Crippen LogP contribution in [0, 0.1) is 0 Å². The van der Waals surface area contributed by atoms with E-state index in [1.54, 1.807) is 18.9 Å². The SMILES string of the molecule is COc1ccc(OC)c(-c2cc(C(=O)N3CCCCCC3)nn2C)c1. The Bertz CT molecular complexity index is 746. The van der Waals surface area contributed by atoms with E-state index in [9.17, 15) is 4.79 Å². The lowest BCUT2D eigenvalue weighted by atomic mass is 10.1. The van der Waals surface area contributed by atoms with Gasteiger partial charge in [0.1, 0.15) is 11.5 Å². The lowest BCUT2D eigenvalue weighted by Crippen LogP contribution is -2.32. The normalized spacial score (nSPS) is 14.9. The van der Waals surface area contributed by atoms with Crippen LogP contribution in [0.4, 0.5) is 0 Å². The van der Waals surface area contributed by atoms with Gasteiger partial charge in [0.25, 0.3) is 5.91 Å². The molecule has 0 N–H and O–H groups in total. The molecule has 2 aromatic rings. The average Bonchev–Trinajstić information content (AvgIpc) is 2.85. The number of ether oxygens (including phenoxy) is 2. The summed E-state index contributed by atoms with van der Waals surface area (Å²) in [5, 5.41) is 4.45. The summed E-state index contributed by atoms with van der Waals surface area (Å²) in [5.74, 6) is 1.46. The number of rotatable bonds is 4. The van der Waals surface area contributed by atoms with Crippen molar-refractivity contribution in [2.75, 3.05) is 27.3 Å². The fraction of sp³-hybridized carbons (Fsp3) is 0.474. The third-order valence-corrected chi connectivity index (χ3v) is 4.67. The maximum atomic E-state index is 12.8. The molecule has 1 aromatic heterocycles. The van der Waals surface area contributed by atoms with E-state index in [0.717, 1.165) is 48.7 Å². The number of hydrogen-bond donors (Lipinski definition) is 0. The molecule has 1 saturated heterocycles. The first-order valence-electron chi connectivity index (χ1n) is 8.69. The molecule has 0 unspecified atom stereocenters. The van der Waals surface area contributed by atoms with Gasteiger partial charge in [-0.05, 0) is 37.1 Å². The van der Waals surface area contributed by atoms with E-state index in [0.29, 0.717) is 5.69 Å². The summed E-state index contributed by atoms with van der Waals surface area (Å²) < 4.78 is 12.5. The van der Waals surface area contributed by atoms with Crippen LogP contribution in [0.15, 0.2) is 24.3 Å². The van der Waals surface area contributed by atoms with Gasteiger partial charge in [0.05, 0.1) is 19.9 Å². The molecule has 0 aliphatic carbocycles. The Morgan fingerprint density at radius 3 is 2.40 bits per heavy atom. The summed E-state index contributed by atoms with van der Waals surface area (Å²) in [6.45, 7) is 1.63. The molecule has 0 radical (unpaired) electrons. The van der Waals surface area contributed by atoms with Gasteiger partial charge in [-0.2, -0.15) is 5.10 Å². The summed E-state index contributed by atoms with van der Waals surface area (Å²) >= 11 is 0. The molecular weight excluding hydrogens is 318 g/mol. The van der Waals surface area contributed by atoms with Crippen molar-refractivity contribution in [1.29, 1.82) is 0 Å². The molecule has 1 aliphatic heterocycles. The van der Waals surface area contributed by atoms with Crippen molar-refractivity contribution in [3.05, 3.63) is 30.0 Å². The average molecular weight is 343 g/mol. The van der Waals surface area contributed by atoms with Gasteiger partial charge in [-0.15, -0.1) is 0 Å². The standard InChI is InChI=1S/C19H25N3O3/c1-21-17(15-12-14(24-2)8-9-18(15)25-3)13-16(20-21)19(23)22-10-6-4-5-7-11-22/h8-9,12-13H,4-7,10-11H2,1-3H3. The molecule has 0 atom stereocenters. The minimum atomic E-state index is 0.00520. The summed E-state index contributed by atoms with van der Waals surface area (Å²) in [7, 11) is 5.10. The first-order chi connectivity index (χ1) is 12.1. The number of nitrogens with zero attached hydrogens (tertiary/aromatic N) is 3. The molecule has 6 nitrogen and oxygen atoms in total. The lowest BCUT2D eigenvalue weighted by molar-refractivity contribution is 0.0755. The zero-order chi connectivity index (χ0) is 17.8. The molecule has 1 fully saturated rings. The fourth-order valence-electron chi connectivity index (χ4n) is 3.27. The van der Waals surface area contributed by atoms with Gasteiger partial charge < -0.3 is 14.4 Å². The maximum Gasteiger partial charge on any atom is 0.274 e. The van der Waals surface area contributed by atoms with Crippen LogP contribution in [-0.4, -0.2) is 47.9 Å².